The van der Waals surface area contributed by atoms with Gasteiger partial charge in [0.05, 0.1) is 4.90 Å². The summed E-state index contributed by atoms with van der Waals surface area (Å²) in [5.74, 6) is -0.00420. The van der Waals surface area contributed by atoms with Gasteiger partial charge in [-0.2, -0.15) is 0 Å². The van der Waals surface area contributed by atoms with Gasteiger partial charge in [0.15, 0.2) is 0 Å². The molecule has 1 aliphatic rings. The van der Waals surface area contributed by atoms with Crippen molar-refractivity contribution in [3.63, 3.8) is 0 Å². The highest BCUT2D eigenvalue weighted by Crippen LogP contribution is 2.16. The molecule has 0 saturated carbocycles. The Morgan fingerprint density at radius 2 is 2.04 bits per heavy atom. The lowest BCUT2D eigenvalue weighted by atomic mass is 10.1. The molecule has 1 aliphatic heterocycles. The molecule has 1 saturated heterocycles. The lowest BCUT2D eigenvalue weighted by molar-refractivity contribution is -0.128. The molecule has 1 aromatic rings. The van der Waals surface area contributed by atoms with Crippen molar-refractivity contribution in [2.75, 3.05) is 13.1 Å². The Balaban J connectivity index is 2.05. The fourth-order valence-corrected chi connectivity index (χ4v) is 4.07. The average Bonchev–Trinajstić information content (AvgIpc) is 2.55. The Labute approximate surface area is 138 Å². The van der Waals surface area contributed by atoms with Crippen molar-refractivity contribution in [2.24, 2.45) is 0 Å². The number of rotatable bonds is 5. The zero-order valence-electron chi connectivity index (χ0n) is 13.7. The van der Waals surface area contributed by atoms with Gasteiger partial charge in [0.2, 0.25) is 15.9 Å². The number of allylic oxidation sites excluding steroid dienone is 1. The van der Waals surface area contributed by atoms with E-state index in [0.29, 0.717) is 13.1 Å². The van der Waals surface area contributed by atoms with E-state index < -0.39 is 10.0 Å². The third kappa shape index (κ3) is 4.65. The maximum Gasteiger partial charge on any atom is 0.249 e. The third-order valence-electron chi connectivity index (χ3n) is 3.93. The second kappa shape index (κ2) is 7.75. The molecule has 1 heterocycles. The Morgan fingerprint density at radius 1 is 1.35 bits per heavy atom. The van der Waals surface area contributed by atoms with E-state index in [0.717, 1.165) is 24.8 Å². The molecule has 0 unspecified atom stereocenters. The van der Waals surface area contributed by atoms with Crippen molar-refractivity contribution in [1.82, 2.24) is 9.62 Å². The number of amides is 1. The van der Waals surface area contributed by atoms with E-state index in [9.17, 15) is 13.2 Å². The smallest absolute Gasteiger partial charge is 0.249 e. The van der Waals surface area contributed by atoms with E-state index in [4.69, 9.17) is 0 Å². The van der Waals surface area contributed by atoms with E-state index in [1.165, 1.54) is 0 Å². The highest BCUT2D eigenvalue weighted by Gasteiger charge is 2.27. The van der Waals surface area contributed by atoms with Crippen molar-refractivity contribution in [3.05, 3.63) is 42.0 Å². The molecule has 1 amide bonds. The van der Waals surface area contributed by atoms with Gasteiger partial charge in [-0.15, -0.1) is 0 Å². The van der Waals surface area contributed by atoms with Crippen molar-refractivity contribution in [1.29, 1.82) is 0 Å². The predicted octanol–water partition coefficient (Wildman–Crippen LogP) is 2.31. The summed E-state index contributed by atoms with van der Waals surface area (Å²) in [5.41, 5.74) is 0.721. The number of nitrogens with one attached hydrogen (secondary N) is 1. The maximum atomic E-state index is 12.4. The normalized spacial score (nSPS) is 19.7. The molecule has 0 radical (unpaired) electrons. The SMILES string of the molecule is CC/C=C(\C)C(=O)N1CCC[C@H](NS(=O)(=O)c2ccccc2)C1. The van der Waals surface area contributed by atoms with E-state index in [-0.39, 0.29) is 16.8 Å². The number of nitrogens with zero attached hydrogens (tertiary/aromatic N) is 1. The van der Waals surface area contributed by atoms with Gasteiger partial charge >= 0.3 is 0 Å². The van der Waals surface area contributed by atoms with Gasteiger partial charge in [-0.1, -0.05) is 31.2 Å². The highest BCUT2D eigenvalue weighted by molar-refractivity contribution is 7.89. The van der Waals surface area contributed by atoms with Crippen LogP contribution >= 0.6 is 0 Å². The van der Waals surface area contributed by atoms with E-state index in [2.05, 4.69) is 4.72 Å². The average molecular weight is 336 g/mol. The first-order chi connectivity index (χ1) is 10.9. The lowest BCUT2D eigenvalue weighted by Crippen LogP contribution is -2.49. The number of hydrogen-bond donors (Lipinski definition) is 1. The first kappa shape index (κ1) is 17.7. The van der Waals surface area contributed by atoms with Crippen LogP contribution in [0.2, 0.25) is 0 Å². The van der Waals surface area contributed by atoms with E-state index >= 15 is 0 Å². The molecule has 2 rings (SSSR count). The number of likely N-dealkylation sites (tertiary alicyclic amines) is 1. The van der Waals surface area contributed by atoms with Crippen LogP contribution in [0.4, 0.5) is 0 Å². The fraction of sp³-hybridized carbons (Fsp3) is 0.471. The largest absolute Gasteiger partial charge is 0.337 e. The maximum absolute atomic E-state index is 12.4. The molecule has 5 nitrogen and oxygen atoms in total. The van der Waals surface area contributed by atoms with Crippen LogP contribution in [-0.4, -0.2) is 38.4 Å². The fourth-order valence-electron chi connectivity index (χ4n) is 2.79. The summed E-state index contributed by atoms with van der Waals surface area (Å²) in [5, 5.41) is 0. The quantitative estimate of drug-likeness (QED) is 0.839. The standard InChI is InChI=1S/C17H24N2O3S/c1-3-8-14(2)17(20)19-12-7-9-15(13-19)18-23(21,22)16-10-5-4-6-11-16/h4-6,8,10-11,15,18H,3,7,9,12-13H2,1-2H3/b14-8+/t15-/m0/s1. The third-order valence-corrected chi connectivity index (χ3v) is 5.47. The molecule has 6 heteroatoms. The number of piperidine rings is 1. The number of sulfonamides is 1. The molecule has 126 valence electrons. The molecule has 1 atom stereocenters. The zero-order chi connectivity index (χ0) is 16.9. The minimum absolute atomic E-state index is 0.00420. The Hall–Kier alpha value is -1.66. The van der Waals surface area contributed by atoms with Gasteiger partial charge in [-0.05, 0) is 38.3 Å². The molecule has 1 fully saturated rings. The number of carbonyl (C=O) groups excluding carboxylic acids is 1. The molecule has 0 spiro atoms. The van der Waals surface area contributed by atoms with Gasteiger partial charge in [-0.25, -0.2) is 13.1 Å². The first-order valence-electron chi connectivity index (χ1n) is 7.97. The molecular formula is C17H24N2O3S. The van der Waals surface area contributed by atoms with Crippen LogP contribution in [0.25, 0.3) is 0 Å². The summed E-state index contributed by atoms with van der Waals surface area (Å²) in [6.07, 6.45) is 4.26. The van der Waals surface area contributed by atoms with Gasteiger partial charge in [0.25, 0.3) is 0 Å². The highest BCUT2D eigenvalue weighted by atomic mass is 32.2. The van der Waals surface area contributed by atoms with Crippen LogP contribution in [0.1, 0.15) is 33.1 Å². The molecule has 0 bridgehead atoms. The minimum Gasteiger partial charge on any atom is -0.337 e. The van der Waals surface area contributed by atoms with Gasteiger partial charge in [-0.3, -0.25) is 4.79 Å². The first-order valence-corrected chi connectivity index (χ1v) is 9.45. The van der Waals surface area contributed by atoms with Crippen LogP contribution in [0.3, 0.4) is 0 Å². The van der Waals surface area contributed by atoms with Crippen molar-refractivity contribution >= 4 is 15.9 Å². The van der Waals surface area contributed by atoms with Gasteiger partial charge in [0.1, 0.15) is 0 Å². The van der Waals surface area contributed by atoms with Crippen LogP contribution in [0.5, 0.6) is 0 Å². The lowest BCUT2D eigenvalue weighted by Gasteiger charge is -2.33. The molecule has 1 N–H and O–H groups in total. The minimum atomic E-state index is -3.54. The number of carbonyl (C=O) groups is 1. The molecule has 23 heavy (non-hydrogen) atoms. The summed E-state index contributed by atoms with van der Waals surface area (Å²) < 4.78 is 27.5. The summed E-state index contributed by atoms with van der Waals surface area (Å²) in [4.78, 5) is 14.3. The Morgan fingerprint density at radius 3 is 2.70 bits per heavy atom. The second-order valence-electron chi connectivity index (χ2n) is 5.82. The summed E-state index contributed by atoms with van der Waals surface area (Å²) in [6, 6.07) is 8.08. The van der Waals surface area contributed by atoms with Crippen LogP contribution in [0.15, 0.2) is 46.9 Å². The van der Waals surface area contributed by atoms with Crippen molar-refractivity contribution < 1.29 is 13.2 Å². The van der Waals surface area contributed by atoms with Crippen LogP contribution < -0.4 is 4.72 Å². The summed E-state index contributed by atoms with van der Waals surface area (Å²) in [6.45, 7) is 4.89. The summed E-state index contributed by atoms with van der Waals surface area (Å²) >= 11 is 0. The molecular weight excluding hydrogens is 312 g/mol. The summed E-state index contributed by atoms with van der Waals surface area (Å²) in [7, 11) is -3.54. The molecule has 1 aromatic carbocycles. The van der Waals surface area contributed by atoms with Crippen molar-refractivity contribution in [2.45, 2.75) is 44.0 Å². The van der Waals surface area contributed by atoms with Crippen LogP contribution in [-0.2, 0) is 14.8 Å². The monoisotopic (exact) mass is 336 g/mol. The van der Waals surface area contributed by atoms with Gasteiger partial charge in [0, 0.05) is 24.7 Å². The predicted molar refractivity (Wildman–Crippen MR) is 90.4 cm³/mol. The second-order valence-corrected chi connectivity index (χ2v) is 7.53. The van der Waals surface area contributed by atoms with Gasteiger partial charge < -0.3 is 4.90 Å². The Bertz CT molecular complexity index is 668. The zero-order valence-corrected chi connectivity index (χ0v) is 14.5. The number of hydrogen-bond acceptors (Lipinski definition) is 3. The van der Waals surface area contributed by atoms with E-state index in [1.807, 2.05) is 19.9 Å². The van der Waals surface area contributed by atoms with Crippen LogP contribution in [0, 0.1) is 0 Å². The molecule has 0 aromatic heterocycles. The number of benzene rings is 1. The van der Waals surface area contributed by atoms with Crippen molar-refractivity contribution in [3.8, 4) is 0 Å². The topological polar surface area (TPSA) is 66.5 Å². The molecule has 0 aliphatic carbocycles. The Kier molecular flexibility index (Phi) is 5.96. The van der Waals surface area contributed by atoms with E-state index in [1.54, 1.807) is 35.2 Å².